The van der Waals surface area contributed by atoms with Crippen molar-refractivity contribution in [1.29, 1.82) is 0 Å². The highest BCUT2D eigenvalue weighted by molar-refractivity contribution is 7.00. The molecule has 1 aromatic carbocycles. The fraction of sp³-hybridized carbons (Fsp3) is 0.581. The zero-order chi connectivity index (χ0) is 28.7. The van der Waals surface area contributed by atoms with Crippen LogP contribution >= 0.6 is 0 Å². The quantitative estimate of drug-likeness (QED) is 0.251. The fourth-order valence-electron chi connectivity index (χ4n) is 7.58. The summed E-state index contributed by atoms with van der Waals surface area (Å²) < 4.78 is 0. The molecular formula is C31H53BO3Si3. The second-order valence-electron chi connectivity index (χ2n) is 11.1. The van der Waals surface area contributed by atoms with Crippen molar-refractivity contribution in [2.75, 3.05) is 0 Å². The average molecular weight is 569 g/mol. The molecule has 0 saturated heterocycles. The molecule has 0 spiro atoms. The Balaban J connectivity index is 0.00000161. The SMILES string of the molecule is CC[Si](CC)(CC)C1=C2C(=Cc3ccccc32)C(=O)C([Si](CC)(CC)CC)=C1[Si](CC)(CC)CC.OBO. The summed E-state index contributed by atoms with van der Waals surface area (Å²) in [6, 6.07) is 20.0. The van der Waals surface area contributed by atoms with Crippen molar-refractivity contribution in [1.82, 2.24) is 0 Å². The van der Waals surface area contributed by atoms with Gasteiger partial charge in [0.25, 0.3) is 0 Å². The maximum absolute atomic E-state index is 14.9. The van der Waals surface area contributed by atoms with Crippen LogP contribution in [0.4, 0.5) is 0 Å². The first-order valence-corrected chi connectivity index (χ1v) is 23.2. The number of hydrogen-bond acceptors (Lipinski definition) is 3. The molecule has 7 heteroatoms. The molecule has 0 heterocycles. The Labute approximate surface area is 236 Å². The van der Waals surface area contributed by atoms with E-state index < -0.39 is 31.9 Å². The molecular weight excluding hydrogens is 515 g/mol. The summed E-state index contributed by atoms with van der Waals surface area (Å²) in [5.41, 5.74) is 5.06. The lowest BCUT2D eigenvalue weighted by molar-refractivity contribution is -0.111. The van der Waals surface area contributed by atoms with Gasteiger partial charge in [0.1, 0.15) is 0 Å². The van der Waals surface area contributed by atoms with Crippen LogP contribution in [0.15, 0.2) is 45.4 Å². The number of carbonyl (C=O) groups excluding carboxylic acids is 1. The molecule has 2 aliphatic rings. The number of hydrogen-bond donors (Lipinski definition) is 2. The maximum atomic E-state index is 14.9. The van der Waals surface area contributed by atoms with Gasteiger partial charge in [0.15, 0.2) is 5.78 Å². The Morgan fingerprint density at radius 3 is 1.39 bits per heavy atom. The first-order chi connectivity index (χ1) is 18.2. The minimum absolute atomic E-state index is 0.436. The largest absolute Gasteiger partial charge is 0.432 e. The predicted octanol–water partition coefficient (Wildman–Crippen LogP) is 8.10. The number of rotatable bonds is 12. The highest BCUT2D eigenvalue weighted by Crippen LogP contribution is 2.55. The van der Waals surface area contributed by atoms with Gasteiger partial charge in [-0.05, 0) is 28.0 Å². The van der Waals surface area contributed by atoms with Gasteiger partial charge in [-0.3, -0.25) is 4.79 Å². The average Bonchev–Trinajstić information content (AvgIpc) is 3.35. The zero-order valence-corrected chi connectivity index (χ0v) is 28.8. The van der Waals surface area contributed by atoms with Crippen LogP contribution in [0.5, 0.6) is 0 Å². The molecule has 0 fully saturated rings. The summed E-state index contributed by atoms with van der Waals surface area (Å²) >= 11 is 0. The molecule has 3 rings (SSSR count). The van der Waals surface area contributed by atoms with Crippen LogP contribution in [-0.2, 0) is 4.79 Å². The van der Waals surface area contributed by atoms with Gasteiger partial charge in [0.2, 0.25) is 0 Å². The molecule has 0 aromatic heterocycles. The number of Topliss-reactive ketones (excluding diaryl/α,β-unsaturated/α-hetero) is 1. The van der Waals surface area contributed by atoms with Gasteiger partial charge in [0.05, 0.1) is 24.2 Å². The van der Waals surface area contributed by atoms with Crippen molar-refractivity contribution >= 4 is 49.3 Å². The number of benzene rings is 1. The van der Waals surface area contributed by atoms with Gasteiger partial charge < -0.3 is 10.0 Å². The summed E-state index contributed by atoms with van der Waals surface area (Å²) in [4.78, 5) is 14.9. The smallest absolute Gasteiger partial charge is 0.430 e. The number of fused-ring (bicyclic) bond motifs is 3. The third kappa shape index (κ3) is 5.26. The first-order valence-electron chi connectivity index (χ1n) is 15.3. The molecule has 0 saturated carbocycles. The van der Waals surface area contributed by atoms with Crippen molar-refractivity contribution in [3.63, 3.8) is 0 Å². The first kappa shape index (κ1) is 33.0. The van der Waals surface area contributed by atoms with E-state index >= 15 is 0 Å². The molecule has 0 radical (unpaired) electrons. The molecule has 0 bridgehead atoms. The third-order valence-electron chi connectivity index (χ3n) is 10.7. The van der Waals surface area contributed by atoms with E-state index in [0.717, 1.165) is 5.57 Å². The lowest BCUT2D eigenvalue weighted by Gasteiger charge is -2.48. The topological polar surface area (TPSA) is 57.5 Å². The van der Waals surface area contributed by atoms with Crippen LogP contribution in [0.25, 0.3) is 11.6 Å². The summed E-state index contributed by atoms with van der Waals surface area (Å²) in [6.07, 6.45) is 2.27. The Morgan fingerprint density at radius 2 is 0.974 bits per heavy atom. The van der Waals surface area contributed by atoms with Crippen molar-refractivity contribution < 1.29 is 14.8 Å². The highest BCUT2D eigenvalue weighted by Gasteiger charge is 2.53. The monoisotopic (exact) mass is 568 g/mol. The number of carbonyl (C=O) groups is 1. The molecule has 2 aliphatic carbocycles. The normalized spacial score (nSPS) is 15.7. The summed E-state index contributed by atoms with van der Waals surface area (Å²) in [5, 5.41) is 19.1. The zero-order valence-electron chi connectivity index (χ0n) is 25.8. The molecule has 0 unspecified atom stereocenters. The molecule has 1 aromatic rings. The molecule has 0 atom stereocenters. The second-order valence-corrected chi connectivity index (χ2v) is 26.7. The van der Waals surface area contributed by atoms with Crippen molar-refractivity contribution in [2.24, 2.45) is 0 Å². The van der Waals surface area contributed by atoms with E-state index in [1.807, 2.05) is 0 Å². The van der Waals surface area contributed by atoms with E-state index in [1.54, 1.807) is 10.4 Å². The highest BCUT2D eigenvalue weighted by atomic mass is 28.3. The Hall–Kier alpha value is -1.25. The lowest BCUT2D eigenvalue weighted by Crippen LogP contribution is -2.52. The molecule has 2 N–H and O–H groups in total. The molecule has 0 amide bonds. The fourth-order valence-corrected chi connectivity index (χ4v) is 22.6. The molecule has 3 nitrogen and oxygen atoms in total. The summed E-state index contributed by atoms with van der Waals surface area (Å²) in [7, 11) is -6.30. The standard InChI is InChI=1S/C31H50OSi3.BH3O2/c1-10-33(11-2,12-3)29-27-25-22-20-19-21-24(25)23-26(27)28(32)30(34(13-4,14-5)15-6)31(29)35(16-7,17-8)18-9;2-1-3/h19-23H,10-18H2,1-9H3;1-3H. The van der Waals surface area contributed by atoms with E-state index in [1.165, 1.54) is 76.3 Å². The summed E-state index contributed by atoms with van der Waals surface area (Å²) in [5.74, 6) is 0.436. The van der Waals surface area contributed by atoms with Crippen LogP contribution < -0.4 is 0 Å². The minimum Gasteiger partial charge on any atom is -0.430 e. The van der Waals surface area contributed by atoms with Gasteiger partial charge in [-0.2, -0.15) is 0 Å². The van der Waals surface area contributed by atoms with Gasteiger partial charge in [-0.25, -0.2) is 0 Å². The van der Waals surface area contributed by atoms with Gasteiger partial charge in [-0.15, -0.1) is 0 Å². The summed E-state index contributed by atoms with van der Waals surface area (Å²) in [6.45, 7) is 21.9. The van der Waals surface area contributed by atoms with Crippen molar-refractivity contribution in [2.45, 2.75) is 117 Å². The molecule has 38 heavy (non-hydrogen) atoms. The molecule has 0 aliphatic heterocycles. The Morgan fingerprint density at radius 1 is 0.605 bits per heavy atom. The van der Waals surface area contributed by atoms with Gasteiger partial charge in [-0.1, -0.05) is 151 Å². The predicted molar refractivity (Wildman–Crippen MR) is 177 cm³/mol. The number of allylic oxidation sites excluding steroid dienone is 5. The van der Waals surface area contributed by atoms with Crippen molar-refractivity contribution in [3.05, 3.63) is 56.6 Å². The van der Waals surface area contributed by atoms with Crippen LogP contribution in [0.1, 0.15) is 73.4 Å². The maximum Gasteiger partial charge on any atom is 0.432 e. The van der Waals surface area contributed by atoms with E-state index in [0.29, 0.717) is 5.78 Å². The third-order valence-corrected chi connectivity index (χ3v) is 28.0. The minimum atomic E-state index is -1.91. The Kier molecular flexibility index (Phi) is 12.0. The molecule has 210 valence electrons. The van der Waals surface area contributed by atoms with Crippen molar-refractivity contribution in [3.8, 4) is 0 Å². The number of ketones is 1. The lowest BCUT2D eigenvalue weighted by atomic mass is 9.95. The van der Waals surface area contributed by atoms with E-state index in [9.17, 15) is 4.79 Å². The van der Waals surface area contributed by atoms with E-state index in [2.05, 4.69) is 92.7 Å². The van der Waals surface area contributed by atoms with Gasteiger partial charge >= 0.3 is 7.69 Å². The van der Waals surface area contributed by atoms with Crippen LogP contribution in [0.2, 0.25) is 54.4 Å². The Bertz CT molecular complexity index is 1050. The van der Waals surface area contributed by atoms with Crippen LogP contribution in [0, 0.1) is 0 Å². The van der Waals surface area contributed by atoms with E-state index in [4.69, 9.17) is 10.0 Å². The second kappa shape index (κ2) is 13.9. The van der Waals surface area contributed by atoms with Crippen LogP contribution in [-0.4, -0.2) is 47.7 Å². The van der Waals surface area contributed by atoms with Crippen LogP contribution in [0.3, 0.4) is 0 Å². The van der Waals surface area contributed by atoms with E-state index in [-0.39, 0.29) is 0 Å². The van der Waals surface area contributed by atoms with Gasteiger partial charge in [0, 0.05) is 5.57 Å².